The second-order valence-corrected chi connectivity index (χ2v) is 6.71. The Kier molecular flexibility index (Phi) is 6.29. The lowest BCUT2D eigenvalue weighted by atomic mass is 10.2. The van der Waals surface area contributed by atoms with Crippen molar-refractivity contribution in [1.29, 1.82) is 0 Å². The number of halogens is 1. The number of aryl methyl sites for hydroxylation is 2. The third kappa shape index (κ3) is 4.47. The summed E-state index contributed by atoms with van der Waals surface area (Å²) in [6.45, 7) is 3.93. The summed E-state index contributed by atoms with van der Waals surface area (Å²) in [5.41, 5.74) is 1.20. The van der Waals surface area contributed by atoms with Crippen LogP contribution < -0.4 is 4.72 Å². The summed E-state index contributed by atoms with van der Waals surface area (Å²) in [6, 6.07) is 0. The maximum Gasteiger partial charge on any atom is 0.244 e. The van der Waals surface area contributed by atoms with Crippen molar-refractivity contribution >= 4 is 21.6 Å². The van der Waals surface area contributed by atoms with Gasteiger partial charge in [0.1, 0.15) is 4.90 Å². The van der Waals surface area contributed by atoms with E-state index in [-0.39, 0.29) is 0 Å². The van der Waals surface area contributed by atoms with Gasteiger partial charge in [0, 0.05) is 19.5 Å². The fourth-order valence-corrected chi connectivity index (χ4v) is 3.69. The molecule has 110 valence electrons. The molecule has 0 radical (unpaired) electrons. The van der Waals surface area contributed by atoms with Crippen molar-refractivity contribution in [3.8, 4) is 0 Å². The molecule has 0 aliphatic heterocycles. The molecular formula is C12H22ClN3O2S. The molecule has 7 heteroatoms. The highest BCUT2D eigenvalue weighted by atomic mass is 35.5. The predicted octanol–water partition coefficient (Wildman–Crippen LogP) is 2.11. The highest BCUT2D eigenvalue weighted by molar-refractivity contribution is 7.89. The Morgan fingerprint density at radius 1 is 1.21 bits per heavy atom. The molecule has 0 bridgehead atoms. The first kappa shape index (κ1) is 16.5. The minimum Gasteiger partial charge on any atom is -0.271 e. The van der Waals surface area contributed by atoms with Crippen LogP contribution in [0.2, 0.25) is 0 Å². The van der Waals surface area contributed by atoms with E-state index in [1.807, 2.05) is 0 Å². The maximum atomic E-state index is 12.2. The van der Waals surface area contributed by atoms with Gasteiger partial charge in [-0.2, -0.15) is 5.10 Å². The molecule has 0 aliphatic carbocycles. The molecule has 0 aromatic carbocycles. The van der Waals surface area contributed by atoms with Gasteiger partial charge in [-0.05, 0) is 26.7 Å². The van der Waals surface area contributed by atoms with Crippen LogP contribution in [0.1, 0.15) is 37.1 Å². The number of hydrogen-bond donors (Lipinski definition) is 1. The molecule has 0 unspecified atom stereocenters. The molecule has 0 atom stereocenters. The van der Waals surface area contributed by atoms with Gasteiger partial charge in [-0.25, -0.2) is 13.1 Å². The smallest absolute Gasteiger partial charge is 0.244 e. The van der Waals surface area contributed by atoms with Gasteiger partial charge in [0.05, 0.1) is 11.4 Å². The Labute approximate surface area is 120 Å². The van der Waals surface area contributed by atoms with Crippen LogP contribution in [0.15, 0.2) is 4.90 Å². The second-order valence-electron chi connectivity index (χ2n) is 4.62. The summed E-state index contributed by atoms with van der Waals surface area (Å²) < 4.78 is 28.6. The molecule has 0 aliphatic rings. The molecule has 1 heterocycles. The van der Waals surface area contributed by atoms with E-state index in [0.717, 1.165) is 25.7 Å². The number of sulfonamides is 1. The topological polar surface area (TPSA) is 64.0 Å². The normalized spacial score (nSPS) is 12.0. The van der Waals surface area contributed by atoms with E-state index in [9.17, 15) is 8.42 Å². The molecule has 1 aromatic rings. The average Bonchev–Trinajstić information content (AvgIpc) is 2.58. The predicted molar refractivity (Wildman–Crippen MR) is 77.1 cm³/mol. The zero-order valence-corrected chi connectivity index (χ0v) is 13.3. The van der Waals surface area contributed by atoms with Gasteiger partial charge in [0.2, 0.25) is 10.0 Å². The van der Waals surface area contributed by atoms with Crippen LogP contribution in [0.4, 0.5) is 0 Å². The summed E-state index contributed by atoms with van der Waals surface area (Å²) in [5.74, 6) is 0.666. The first-order valence-corrected chi connectivity index (χ1v) is 8.47. The lowest BCUT2D eigenvalue weighted by Crippen LogP contribution is -2.25. The Balaban J connectivity index is 2.57. The fourth-order valence-electron chi connectivity index (χ4n) is 1.99. The zero-order chi connectivity index (χ0) is 14.5. The standard InChI is InChI=1S/C12H22ClN3O2S/c1-10-12(11(2)16(3)15-10)19(17,18)14-9-7-5-4-6-8-13/h14H,4-9H2,1-3H3. The Morgan fingerprint density at radius 2 is 1.84 bits per heavy atom. The lowest BCUT2D eigenvalue weighted by Gasteiger charge is -2.07. The molecule has 0 amide bonds. The zero-order valence-electron chi connectivity index (χ0n) is 11.7. The molecule has 1 aromatic heterocycles. The molecule has 0 spiro atoms. The SMILES string of the molecule is Cc1nn(C)c(C)c1S(=O)(=O)NCCCCCCCl. The molecule has 1 N–H and O–H groups in total. The van der Waals surface area contributed by atoms with Gasteiger partial charge in [-0.3, -0.25) is 4.68 Å². The van der Waals surface area contributed by atoms with Gasteiger partial charge in [0.15, 0.2) is 0 Å². The van der Waals surface area contributed by atoms with Crippen molar-refractivity contribution in [2.24, 2.45) is 7.05 Å². The third-order valence-electron chi connectivity index (χ3n) is 3.06. The minimum atomic E-state index is -3.45. The van der Waals surface area contributed by atoms with Gasteiger partial charge >= 0.3 is 0 Å². The lowest BCUT2D eigenvalue weighted by molar-refractivity contribution is 0.572. The summed E-state index contributed by atoms with van der Waals surface area (Å²) in [4.78, 5) is 0.302. The number of unbranched alkanes of at least 4 members (excludes halogenated alkanes) is 3. The van der Waals surface area contributed by atoms with Crippen molar-refractivity contribution in [2.45, 2.75) is 44.4 Å². The van der Waals surface area contributed by atoms with E-state index >= 15 is 0 Å². The van der Waals surface area contributed by atoms with Gasteiger partial charge in [-0.15, -0.1) is 11.6 Å². The summed E-state index contributed by atoms with van der Waals surface area (Å²) >= 11 is 5.58. The van der Waals surface area contributed by atoms with Crippen LogP contribution in [-0.4, -0.2) is 30.6 Å². The van der Waals surface area contributed by atoms with Crippen molar-refractivity contribution in [2.75, 3.05) is 12.4 Å². The molecule has 1 rings (SSSR count). The van der Waals surface area contributed by atoms with E-state index in [0.29, 0.717) is 28.7 Å². The Bertz CT molecular complexity index is 511. The van der Waals surface area contributed by atoms with Crippen LogP contribution in [0.25, 0.3) is 0 Å². The van der Waals surface area contributed by atoms with E-state index in [1.54, 1.807) is 25.6 Å². The molecule has 0 fully saturated rings. The van der Waals surface area contributed by atoms with E-state index in [1.165, 1.54) is 0 Å². The molecule has 19 heavy (non-hydrogen) atoms. The first-order chi connectivity index (χ1) is 8.90. The van der Waals surface area contributed by atoms with E-state index in [2.05, 4.69) is 9.82 Å². The number of rotatable bonds is 8. The summed E-state index contributed by atoms with van der Waals surface area (Å²) in [5, 5.41) is 4.13. The first-order valence-electron chi connectivity index (χ1n) is 6.46. The highest BCUT2D eigenvalue weighted by Gasteiger charge is 2.22. The van der Waals surface area contributed by atoms with E-state index < -0.39 is 10.0 Å². The van der Waals surface area contributed by atoms with Crippen LogP contribution >= 0.6 is 11.6 Å². The number of nitrogens with zero attached hydrogens (tertiary/aromatic N) is 2. The van der Waals surface area contributed by atoms with Crippen LogP contribution in [0, 0.1) is 13.8 Å². The quantitative estimate of drug-likeness (QED) is 0.591. The monoisotopic (exact) mass is 307 g/mol. The third-order valence-corrected chi connectivity index (χ3v) is 5.04. The number of hydrogen-bond acceptors (Lipinski definition) is 3. The van der Waals surface area contributed by atoms with Crippen LogP contribution in [-0.2, 0) is 17.1 Å². The second kappa shape index (κ2) is 7.26. The molecular weight excluding hydrogens is 286 g/mol. The van der Waals surface area contributed by atoms with Crippen molar-refractivity contribution < 1.29 is 8.42 Å². The van der Waals surface area contributed by atoms with E-state index in [4.69, 9.17) is 11.6 Å². The highest BCUT2D eigenvalue weighted by Crippen LogP contribution is 2.18. The van der Waals surface area contributed by atoms with Gasteiger partial charge in [0.25, 0.3) is 0 Å². The summed E-state index contributed by atoms with van der Waals surface area (Å²) in [7, 11) is -1.71. The van der Waals surface area contributed by atoms with Crippen LogP contribution in [0.5, 0.6) is 0 Å². The number of alkyl halides is 1. The van der Waals surface area contributed by atoms with Crippen molar-refractivity contribution in [3.63, 3.8) is 0 Å². The van der Waals surface area contributed by atoms with Crippen LogP contribution in [0.3, 0.4) is 0 Å². The number of nitrogens with one attached hydrogen (secondary N) is 1. The molecule has 0 saturated carbocycles. The fraction of sp³-hybridized carbons (Fsp3) is 0.750. The largest absolute Gasteiger partial charge is 0.271 e. The average molecular weight is 308 g/mol. The maximum absolute atomic E-state index is 12.2. The van der Waals surface area contributed by atoms with Crippen molar-refractivity contribution in [1.82, 2.24) is 14.5 Å². The molecule has 5 nitrogen and oxygen atoms in total. The minimum absolute atomic E-state index is 0.302. The molecule has 0 saturated heterocycles. The Hall–Kier alpha value is -0.590. The van der Waals surface area contributed by atoms with Crippen molar-refractivity contribution in [3.05, 3.63) is 11.4 Å². The Morgan fingerprint density at radius 3 is 2.37 bits per heavy atom. The number of aromatic nitrogens is 2. The van der Waals surface area contributed by atoms with Gasteiger partial charge < -0.3 is 0 Å². The van der Waals surface area contributed by atoms with Gasteiger partial charge in [-0.1, -0.05) is 12.8 Å². The summed E-state index contributed by atoms with van der Waals surface area (Å²) in [6.07, 6.45) is 3.83.